The van der Waals surface area contributed by atoms with E-state index in [1.165, 1.54) is 0 Å². The van der Waals surface area contributed by atoms with Gasteiger partial charge in [-0.1, -0.05) is 48.5 Å². The predicted molar refractivity (Wildman–Crippen MR) is 123 cm³/mol. The zero-order chi connectivity index (χ0) is 23.8. The number of rotatable bonds is 5. The Labute approximate surface area is 189 Å². The lowest BCUT2D eigenvalue weighted by Gasteiger charge is -2.12. The molecule has 4 rings (SSSR count). The Morgan fingerprint density at radius 1 is 0.606 bits per heavy atom. The summed E-state index contributed by atoms with van der Waals surface area (Å²) in [4.78, 5) is 0. The van der Waals surface area contributed by atoms with Gasteiger partial charge in [-0.15, -0.1) is 0 Å². The average molecular weight is 456 g/mol. The summed E-state index contributed by atoms with van der Waals surface area (Å²) in [7, 11) is -2.70. The molecule has 0 unspecified atom stereocenters. The smallest absolute Gasteiger partial charge is 0.493 e. The Bertz CT molecular complexity index is 1120. The molecule has 0 radical (unpaired) electrons. The van der Waals surface area contributed by atoms with E-state index in [4.69, 9.17) is 13.9 Å². The van der Waals surface area contributed by atoms with Gasteiger partial charge in [0, 0.05) is 11.1 Å². The van der Waals surface area contributed by atoms with Crippen molar-refractivity contribution in [2.24, 2.45) is 0 Å². The summed E-state index contributed by atoms with van der Waals surface area (Å²) in [6, 6.07) is 30.2. The van der Waals surface area contributed by atoms with Crippen LogP contribution in [0, 0.1) is 0 Å². The fourth-order valence-corrected chi connectivity index (χ4v) is 3.26. The van der Waals surface area contributed by atoms with Crippen molar-refractivity contribution in [2.45, 2.75) is 0 Å². The van der Waals surface area contributed by atoms with Crippen molar-refractivity contribution < 1.29 is 31.2 Å². The van der Waals surface area contributed by atoms with Gasteiger partial charge in [-0.05, 0) is 30.3 Å². The van der Waals surface area contributed by atoms with Crippen LogP contribution in [-0.2, 0) is 0 Å². The molecule has 0 fully saturated rings. The van der Waals surface area contributed by atoms with E-state index in [0.29, 0.717) is 11.5 Å². The van der Waals surface area contributed by atoms with Gasteiger partial charge in [-0.2, -0.15) is 0 Å². The minimum absolute atomic E-state index is 0.698. The van der Waals surface area contributed by atoms with Crippen molar-refractivity contribution in [1.82, 2.24) is 0 Å². The molecule has 0 aliphatic carbocycles. The molecule has 0 aliphatic rings. The van der Waals surface area contributed by atoms with Crippen molar-refractivity contribution in [1.29, 1.82) is 0 Å². The van der Waals surface area contributed by atoms with Crippen molar-refractivity contribution in [3.8, 4) is 45.3 Å². The van der Waals surface area contributed by atoms with E-state index >= 15 is 0 Å². The minimum atomic E-state index is -6.00. The summed E-state index contributed by atoms with van der Waals surface area (Å²) in [5, 5.41) is 0. The van der Waals surface area contributed by atoms with Crippen LogP contribution in [0.15, 0.2) is 95.4 Å². The zero-order valence-electron chi connectivity index (χ0n) is 18.0. The van der Waals surface area contributed by atoms with Crippen LogP contribution in [0.4, 0.5) is 17.3 Å². The van der Waals surface area contributed by atoms with Crippen LogP contribution >= 0.6 is 0 Å². The normalized spacial score (nSPS) is 10.7. The molecule has 0 spiro atoms. The Kier molecular flexibility index (Phi) is 7.72. The Morgan fingerprint density at radius 2 is 1.09 bits per heavy atom. The van der Waals surface area contributed by atoms with Crippen LogP contribution < -0.4 is 9.47 Å². The molecule has 4 aromatic rings. The maximum absolute atomic E-state index is 9.75. The molecule has 0 saturated carbocycles. The van der Waals surface area contributed by atoms with Gasteiger partial charge < -0.3 is 26.7 Å². The number of benzene rings is 3. The van der Waals surface area contributed by atoms with Gasteiger partial charge in [-0.25, -0.2) is 4.42 Å². The van der Waals surface area contributed by atoms with E-state index in [1.54, 1.807) is 14.2 Å². The monoisotopic (exact) mass is 456 g/mol. The van der Waals surface area contributed by atoms with Crippen LogP contribution in [0.2, 0.25) is 0 Å². The average Bonchev–Trinajstić information content (AvgIpc) is 2.83. The van der Waals surface area contributed by atoms with E-state index in [2.05, 4.69) is 0 Å². The number of halogens is 4. The molecule has 0 atom stereocenters. The predicted octanol–water partition coefficient (Wildman–Crippen LogP) is 7.88. The van der Waals surface area contributed by atoms with Crippen LogP contribution in [0.3, 0.4) is 0 Å². The summed E-state index contributed by atoms with van der Waals surface area (Å²) in [6.45, 7) is 0. The largest absolute Gasteiger partial charge is 0.673 e. The molecule has 3 aromatic carbocycles. The molecule has 8 heteroatoms. The van der Waals surface area contributed by atoms with Crippen molar-refractivity contribution in [3.05, 3.63) is 91.0 Å². The first-order chi connectivity index (χ1) is 15.8. The van der Waals surface area contributed by atoms with Gasteiger partial charge in [0.25, 0.3) is 0 Å². The third-order valence-electron chi connectivity index (χ3n) is 4.62. The van der Waals surface area contributed by atoms with Gasteiger partial charge in [0.15, 0.2) is 11.5 Å². The summed E-state index contributed by atoms with van der Waals surface area (Å²) in [6.07, 6.45) is 0. The summed E-state index contributed by atoms with van der Waals surface area (Å²) >= 11 is 0. The van der Waals surface area contributed by atoms with Gasteiger partial charge in [0.2, 0.25) is 0 Å². The second-order valence-corrected chi connectivity index (χ2v) is 6.84. The number of methoxy groups -OCH3 is 2. The Balaban J connectivity index is 0.000000555. The van der Waals surface area contributed by atoms with Crippen molar-refractivity contribution >= 4 is 7.25 Å². The first-order valence-corrected chi connectivity index (χ1v) is 9.98. The van der Waals surface area contributed by atoms with Crippen LogP contribution in [-0.4, -0.2) is 21.5 Å². The molecule has 33 heavy (non-hydrogen) atoms. The molecule has 0 saturated heterocycles. The van der Waals surface area contributed by atoms with Crippen LogP contribution in [0.5, 0.6) is 11.5 Å². The lowest BCUT2D eigenvalue weighted by atomic mass is 10.0. The molecule has 3 nitrogen and oxygen atoms in total. The van der Waals surface area contributed by atoms with E-state index in [9.17, 15) is 17.3 Å². The maximum Gasteiger partial charge on any atom is 0.673 e. The minimum Gasteiger partial charge on any atom is -0.493 e. The molecule has 1 heterocycles. The van der Waals surface area contributed by atoms with Crippen LogP contribution in [0.1, 0.15) is 0 Å². The highest BCUT2D eigenvalue weighted by Gasteiger charge is 2.23. The number of hydrogen-bond donors (Lipinski definition) is 0. The lowest BCUT2D eigenvalue weighted by molar-refractivity contribution is 0.356. The maximum atomic E-state index is 9.75. The fraction of sp³-hybridized carbons (Fsp3) is 0.0800. The first kappa shape index (κ1) is 23.8. The van der Waals surface area contributed by atoms with Gasteiger partial charge in [-0.3, -0.25) is 0 Å². The number of para-hydroxylation sites is 1. The number of ether oxygens (including phenoxy) is 2. The third-order valence-corrected chi connectivity index (χ3v) is 4.62. The lowest BCUT2D eigenvalue weighted by Crippen LogP contribution is -2.02. The standard InChI is InChI=1S/C25H21O3.BF4/c1-26-22-15-9-14-21(25(22)27-2)20-16-23(18-10-5-3-6-11-18)28-24(17-20)19-12-7-4-8-13-19;2-1(3,4)5/h3-17H,1-2H3;/q+1;-1. The third kappa shape index (κ3) is 6.59. The Hall–Kier alpha value is -3.81. The van der Waals surface area contributed by atoms with Crippen molar-refractivity contribution in [3.63, 3.8) is 0 Å². The van der Waals surface area contributed by atoms with Gasteiger partial charge in [0.1, 0.15) is 0 Å². The van der Waals surface area contributed by atoms with E-state index < -0.39 is 7.25 Å². The molecule has 170 valence electrons. The van der Waals surface area contributed by atoms with Crippen LogP contribution in [0.25, 0.3) is 33.8 Å². The van der Waals surface area contributed by atoms with E-state index in [0.717, 1.165) is 33.8 Å². The second kappa shape index (κ2) is 10.7. The van der Waals surface area contributed by atoms with Crippen molar-refractivity contribution in [2.75, 3.05) is 14.2 Å². The molecule has 0 bridgehead atoms. The molecular formula is C25H21BF4O3. The Morgan fingerprint density at radius 3 is 1.52 bits per heavy atom. The highest BCUT2D eigenvalue weighted by Crippen LogP contribution is 2.40. The summed E-state index contributed by atoms with van der Waals surface area (Å²) in [5.74, 6) is 2.99. The molecule has 0 aliphatic heterocycles. The fourth-order valence-electron chi connectivity index (χ4n) is 3.26. The van der Waals surface area contributed by atoms with Gasteiger partial charge >= 0.3 is 18.8 Å². The van der Waals surface area contributed by atoms with E-state index in [1.807, 2.05) is 91.0 Å². The highest BCUT2D eigenvalue weighted by molar-refractivity contribution is 6.50. The quantitative estimate of drug-likeness (QED) is 0.174. The molecule has 0 N–H and O–H groups in total. The topological polar surface area (TPSA) is 29.8 Å². The molecular weight excluding hydrogens is 435 g/mol. The van der Waals surface area contributed by atoms with E-state index in [-0.39, 0.29) is 0 Å². The summed E-state index contributed by atoms with van der Waals surface area (Å²) in [5.41, 5.74) is 3.98. The summed E-state index contributed by atoms with van der Waals surface area (Å²) < 4.78 is 56.4. The molecule has 1 aromatic heterocycles. The first-order valence-electron chi connectivity index (χ1n) is 9.98. The number of hydrogen-bond acceptors (Lipinski definition) is 2. The van der Waals surface area contributed by atoms with Gasteiger partial charge in [0.05, 0.1) is 37.5 Å². The second-order valence-electron chi connectivity index (χ2n) is 6.84. The zero-order valence-corrected chi connectivity index (χ0v) is 18.0. The molecule has 0 amide bonds. The highest BCUT2D eigenvalue weighted by atomic mass is 19.5. The SMILES string of the molecule is COc1cccc(-c2cc(-c3ccccc3)[o+]c(-c3ccccc3)c2)c1OC.F[B-](F)(F)F.